The van der Waals surface area contributed by atoms with Crippen LogP contribution in [0.5, 0.6) is 0 Å². The van der Waals surface area contributed by atoms with Crippen molar-refractivity contribution in [1.29, 1.82) is 0 Å². The second kappa shape index (κ2) is 12.5. The molecule has 8 heteroatoms. The summed E-state index contributed by atoms with van der Waals surface area (Å²) >= 11 is 4.47. The second-order valence-corrected chi connectivity index (χ2v) is 9.52. The summed E-state index contributed by atoms with van der Waals surface area (Å²) in [5, 5.41) is 21.1. The van der Waals surface area contributed by atoms with Crippen LogP contribution >= 0.6 is 12.6 Å². The van der Waals surface area contributed by atoms with Gasteiger partial charge in [0.1, 0.15) is 0 Å². The summed E-state index contributed by atoms with van der Waals surface area (Å²) in [5.74, 6) is 1.29. The molecule has 7 nitrogen and oxygen atoms in total. The molecule has 0 spiro atoms. The van der Waals surface area contributed by atoms with E-state index in [-0.39, 0.29) is 23.9 Å². The standard InChI is InChI=1S/C28H32N6OS/c1-19(2)26(28(35)30-23(18-36)16-20-8-4-3-5-9-20)29-17-21-12-14-22(15-13-21)24-10-6-7-11-25(24)27-31-33-34-32-27/h3-15,19,23,26,29,36H,16-18H2,1-2H3,(H,30,35)(H,31,32,33,34)/t23-,26+/m1/s1. The van der Waals surface area contributed by atoms with Gasteiger partial charge >= 0.3 is 0 Å². The third-order valence-electron chi connectivity index (χ3n) is 6.15. The zero-order valence-corrected chi connectivity index (χ0v) is 21.5. The van der Waals surface area contributed by atoms with E-state index in [0.29, 0.717) is 18.1 Å². The molecule has 4 rings (SSSR count). The third-order valence-corrected chi connectivity index (χ3v) is 6.59. The molecule has 0 aliphatic heterocycles. The SMILES string of the molecule is CC(C)[C@H](NCc1ccc(-c2ccccc2-c2nn[nH]n2)cc1)C(=O)N[C@@H](CS)Cc1ccccc1. The molecule has 3 N–H and O–H groups in total. The molecule has 1 amide bonds. The Balaban J connectivity index is 1.39. The first-order valence-electron chi connectivity index (χ1n) is 12.2. The van der Waals surface area contributed by atoms with E-state index >= 15 is 0 Å². The summed E-state index contributed by atoms with van der Waals surface area (Å²) < 4.78 is 0. The first-order valence-corrected chi connectivity index (χ1v) is 12.8. The Morgan fingerprint density at radius 3 is 2.25 bits per heavy atom. The average Bonchev–Trinajstić information content (AvgIpc) is 3.44. The van der Waals surface area contributed by atoms with Gasteiger partial charge < -0.3 is 10.6 Å². The average molecular weight is 501 g/mol. The number of H-pyrrole nitrogens is 1. The minimum atomic E-state index is -0.304. The normalized spacial score (nSPS) is 12.9. The molecule has 3 aromatic carbocycles. The number of rotatable bonds is 11. The Hall–Kier alpha value is -3.49. The lowest BCUT2D eigenvalue weighted by Gasteiger charge is -2.25. The smallest absolute Gasteiger partial charge is 0.237 e. The van der Waals surface area contributed by atoms with Crippen LogP contribution in [0.1, 0.15) is 25.0 Å². The summed E-state index contributed by atoms with van der Waals surface area (Å²) in [6, 6.07) is 26.2. The van der Waals surface area contributed by atoms with Crippen LogP contribution < -0.4 is 10.6 Å². The van der Waals surface area contributed by atoms with Gasteiger partial charge in [-0.1, -0.05) is 92.7 Å². The molecule has 0 saturated heterocycles. The number of carbonyl (C=O) groups is 1. The second-order valence-electron chi connectivity index (χ2n) is 9.16. The summed E-state index contributed by atoms with van der Waals surface area (Å²) in [6.07, 6.45) is 0.758. The molecule has 2 atom stereocenters. The number of aromatic nitrogens is 4. The van der Waals surface area contributed by atoms with Gasteiger partial charge in [-0.15, -0.1) is 10.2 Å². The predicted molar refractivity (Wildman–Crippen MR) is 146 cm³/mol. The van der Waals surface area contributed by atoms with E-state index in [1.807, 2.05) is 42.5 Å². The number of thiol groups is 1. The molecule has 186 valence electrons. The Labute approximate surface area is 217 Å². The van der Waals surface area contributed by atoms with Gasteiger partial charge in [-0.2, -0.15) is 17.8 Å². The number of tetrazole rings is 1. The highest BCUT2D eigenvalue weighted by molar-refractivity contribution is 7.80. The highest BCUT2D eigenvalue weighted by Crippen LogP contribution is 2.29. The molecular formula is C28H32N6OS. The highest BCUT2D eigenvalue weighted by atomic mass is 32.1. The van der Waals surface area contributed by atoms with E-state index < -0.39 is 0 Å². The number of carbonyl (C=O) groups excluding carboxylic acids is 1. The van der Waals surface area contributed by atoms with Crippen molar-refractivity contribution >= 4 is 18.5 Å². The summed E-state index contributed by atoms with van der Waals surface area (Å²) in [6.45, 7) is 4.71. The molecule has 0 fully saturated rings. The van der Waals surface area contributed by atoms with Crippen molar-refractivity contribution in [3.8, 4) is 22.5 Å². The topological polar surface area (TPSA) is 95.6 Å². The van der Waals surface area contributed by atoms with E-state index in [1.54, 1.807) is 0 Å². The zero-order chi connectivity index (χ0) is 25.3. The number of hydrogen-bond acceptors (Lipinski definition) is 6. The van der Waals surface area contributed by atoms with Crippen LogP contribution in [0.25, 0.3) is 22.5 Å². The van der Waals surface area contributed by atoms with Gasteiger partial charge in [0.15, 0.2) is 0 Å². The minimum absolute atomic E-state index is 0.00522. The fraction of sp³-hybridized carbons (Fsp3) is 0.286. The van der Waals surface area contributed by atoms with Crippen LogP contribution in [0.2, 0.25) is 0 Å². The van der Waals surface area contributed by atoms with Crippen molar-refractivity contribution < 1.29 is 4.79 Å². The molecule has 0 bridgehead atoms. The molecule has 0 radical (unpaired) electrons. The van der Waals surface area contributed by atoms with Gasteiger partial charge in [0.2, 0.25) is 11.7 Å². The van der Waals surface area contributed by atoms with E-state index in [2.05, 4.69) is 94.1 Å². The molecule has 0 aliphatic carbocycles. The lowest BCUT2D eigenvalue weighted by Crippen LogP contribution is -2.51. The van der Waals surface area contributed by atoms with Crippen LogP contribution in [0.15, 0.2) is 78.9 Å². The first kappa shape index (κ1) is 25.6. The Morgan fingerprint density at radius 1 is 0.917 bits per heavy atom. The van der Waals surface area contributed by atoms with Crippen LogP contribution in [0, 0.1) is 5.92 Å². The third kappa shape index (κ3) is 6.59. The van der Waals surface area contributed by atoms with Crippen molar-refractivity contribution in [2.45, 2.75) is 38.9 Å². The fourth-order valence-electron chi connectivity index (χ4n) is 4.22. The van der Waals surface area contributed by atoms with Crippen molar-refractivity contribution in [2.24, 2.45) is 5.92 Å². The van der Waals surface area contributed by atoms with Crippen LogP contribution in [0.4, 0.5) is 0 Å². The number of hydrogen-bond donors (Lipinski definition) is 4. The number of amides is 1. The molecule has 0 unspecified atom stereocenters. The van der Waals surface area contributed by atoms with Gasteiger partial charge in [-0.3, -0.25) is 4.79 Å². The van der Waals surface area contributed by atoms with E-state index in [0.717, 1.165) is 28.7 Å². The number of aromatic amines is 1. The quantitative estimate of drug-likeness (QED) is 0.230. The predicted octanol–water partition coefficient (Wildman–Crippen LogP) is 4.31. The molecule has 1 heterocycles. The Morgan fingerprint density at radius 2 is 1.61 bits per heavy atom. The van der Waals surface area contributed by atoms with Gasteiger partial charge in [-0.25, -0.2) is 0 Å². The Bertz CT molecular complexity index is 1230. The minimum Gasteiger partial charge on any atom is -0.351 e. The van der Waals surface area contributed by atoms with Gasteiger partial charge in [0, 0.05) is 23.9 Å². The maximum absolute atomic E-state index is 13.1. The lowest BCUT2D eigenvalue weighted by atomic mass is 9.98. The van der Waals surface area contributed by atoms with Gasteiger partial charge in [-0.05, 0) is 39.8 Å². The zero-order valence-electron chi connectivity index (χ0n) is 20.6. The van der Waals surface area contributed by atoms with E-state index in [4.69, 9.17) is 0 Å². The molecule has 4 aromatic rings. The first-order chi connectivity index (χ1) is 17.5. The van der Waals surface area contributed by atoms with E-state index in [9.17, 15) is 4.79 Å². The van der Waals surface area contributed by atoms with Crippen molar-refractivity contribution in [3.05, 3.63) is 90.0 Å². The van der Waals surface area contributed by atoms with Crippen LogP contribution in [-0.4, -0.2) is 44.4 Å². The largest absolute Gasteiger partial charge is 0.351 e. The van der Waals surface area contributed by atoms with Crippen LogP contribution in [-0.2, 0) is 17.8 Å². The Kier molecular flexibility index (Phi) is 8.86. The van der Waals surface area contributed by atoms with Gasteiger partial charge in [0.25, 0.3) is 0 Å². The number of benzene rings is 3. The number of nitrogens with one attached hydrogen (secondary N) is 3. The summed E-state index contributed by atoms with van der Waals surface area (Å²) in [4.78, 5) is 13.1. The molecule has 1 aromatic heterocycles. The maximum Gasteiger partial charge on any atom is 0.237 e. The van der Waals surface area contributed by atoms with E-state index in [1.165, 1.54) is 5.56 Å². The molecule has 36 heavy (non-hydrogen) atoms. The summed E-state index contributed by atoms with van der Waals surface area (Å²) in [7, 11) is 0. The number of nitrogens with zero attached hydrogens (tertiary/aromatic N) is 3. The lowest BCUT2D eigenvalue weighted by molar-refractivity contribution is -0.124. The monoisotopic (exact) mass is 500 g/mol. The van der Waals surface area contributed by atoms with Crippen molar-refractivity contribution in [2.75, 3.05) is 5.75 Å². The van der Waals surface area contributed by atoms with Crippen LogP contribution in [0.3, 0.4) is 0 Å². The van der Waals surface area contributed by atoms with Gasteiger partial charge in [0.05, 0.1) is 6.04 Å². The molecule has 0 saturated carbocycles. The van der Waals surface area contributed by atoms with Crippen molar-refractivity contribution in [3.63, 3.8) is 0 Å². The molecular weight excluding hydrogens is 468 g/mol. The maximum atomic E-state index is 13.1. The highest BCUT2D eigenvalue weighted by Gasteiger charge is 2.24. The van der Waals surface area contributed by atoms with Crippen molar-refractivity contribution in [1.82, 2.24) is 31.3 Å². The fourth-order valence-corrected chi connectivity index (χ4v) is 4.44. The summed E-state index contributed by atoms with van der Waals surface area (Å²) in [5.41, 5.74) is 5.31. The molecule has 0 aliphatic rings.